The highest BCUT2D eigenvalue weighted by atomic mass is 16.2. The number of hydrogen-bond acceptors (Lipinski definition) is 1. The van der Waals surface area contributed by atoms with Crippen LogP contribution in [0.1, 0.15) is 19.3 Å². The first-order chi connectivity index (χ1) is 7.70. The van der Waals surface area contributed by atoms with Crippen LogP contribution >= 0.6 is 0 Å². The highest BCUT2D eigenvalue weighted by Crippen LogP contribution is 2.31. The molecule has 1 saturated carbocycles. The van der Waals surface area contributed by atoms with Gasteiger partial charge in [-0.05, 0) is 31.4 Å². The van der Waals surface area contributed by atoms with Crippen LogP contribution in [0.5, 0.6) is 0 Å². The van der Waals surface area contributed by atoms with Crippen molar-refractivity contribution in [1.82, 2.24) is 0 Å². The summed E-state index contributed by atoms with van der Waals surface area (Å²) in [5.41, 5.74) is 2.04. The van der Waals surface area contributed by atoms with E-state index in [1.54, 1.807) is 4.90 Å². The molecule has 0 unspecified atom stereocenters. The summed E-state index contributed by atoms with van der Waals surface area (Å²) in [7, 11) is 1.84. The molecule has 0 heterocycles. The number of hydrogen-bond donors (Lipinski definition) is 0. The van der Waals surface area contributed by atoms with Gasteiger partial charge in [-0.25, -0.2) is 0 Å². The first-order valence-corrected chi connectivity index (χ1v) is 5.70. The van der Waals surface area contributed by atoms with Crippen LogP contribution in [0.4, 0.5) is 5.69 Å². The average molecular weight is 215 g/mol. The molecule has 0 aromatic heterocycles. The van der Waals surface area contributed by atoms with Crippen LogP contribution in [-0.4, -0.2) is 13.0 Å². The summed E-state index contributed by atoms with van der Waals surface area (Å²) < 4.78 is 0. The summed E-state index contributed by atoms with van der Waals surface area (Å²) in [5.74, 6) is 0.207. The van der Waals surface area contributed by atoms with Gasteiger partial charge in [0.15, 0.2) is 0 Å². The summed E-state index contributed by atoms with van der Waals surface area (Å²) in [6.45, 7) is 3.99. The maximum Gasteiger partial charge on any atom is 0.233 e. The molecule has 0 saturated heterocycles. The molecule has 0 spiro atoms. The molecule has 0 bridgehead atoms. The Morgan fingerprint density at radius 3 is 2.62 bits per heavy atom. The first kappa shape index (κ1) is 10.9. The Bertz CT molecular complexity index is 396. The van der Waals surface area contributed by atoms with Crippen LogP contribution in [0.25, 0.3) is 0 Å². The molecule has 0 N–H and O–H groups in total. The van der Waals surface area contributed by atoms with Crippen molar-refractivity contribution in [3.63, 3.8) is 0 Å². The first-order valence-electron chi connectivity index (χ1n) is 5.70. The van der Waals surface area contributed by atoms with E-state index in [0.29, 0.717) is 0 Å². The van der Waals surface area contributed by atoms with E-state index in [0.717, 1.165) is 30.5 Å². The molecule has 0 aliphatic heterocycles. The Labute approximate surface area is 96.6 Å². The Kier molecular flexibility index (Phi) is 3.09. The second-order valence-electron chi connectivity index (χ2n) is 4.34. The van der Waals surface area contributed by atoms with Crippen molar-refractivity contribution in [3.05, 3.63) is 42.5 Å². The van der Waals surface area contributed by atoms with Gasteiger partial charge >= 0.3 is 0 Å². The molecule has 2 heteroatoms. The molecule has 1 fully saturated rings. The van der Waals surface area contributed by atoms with Gasteiger partial charge in [-0.3, -0.25) is 4.79 Å². The fourth-order valence-electron chi connectivity index (χ4n) is 2.22. The molecule has 1 aromatic rings. The van der Waals surface area contributed by atoms with Gasteiger partial charge in [0.1, 0.15) is 0 Å². The van der Waals surface area contributed by atoms with Crippen molar-refractivity contribution in [2.45, 2.75) is 19.3 Å². The van der Waals surface area contributed by atoms with E-state index < -0.39 is 0 Å². The summed E-state index contributed by atoms with van der Waals surface area (Å²) in [6, 6.07) is 9.76. The molecule has 1 amide bonds. The summed E-state index contributed by atoms with van der Waals surface area (Å²) in [4.78, 5) is 14.0. The van der Waals surface area contributed by atoms with Gasteiger partial charge in [0.25, 0.3) is 0 Å². The second-order valence-corrected chi connectivity index (χ2v) is 4.34. The minimum Gasteiger partial charge on any atom is -0.315 e. The molecule has 0 radical (unpaired) electrons. The van der Waals surface area contributed by atoms with Gasteiger partial charge in [-0.2, -0.15) is 0 Å². The lowest BCUT2D eigenvalue weighted by atomic mass is 10.0. The van der Waals surface area contributed by atoms with Gasteiger partial charge in [-0.1, -0.05) is 30.4 Å². The third-order valence-electron chi connectivity index (χ3n) is 3.26. The van der Waals surface area contributed by atoms with E-state index in [2.05, 4.69) is 6.58 Å². The lowest BCUT2D eigenvalue weighted by Crippen LogP contribution is -2.32. The monoisotopic (exact) mass is 215 g/mol. The summed E-state index contributed by atoms with van der Waals surface area (Å²) >= 11 is 0. The predicted octanol–water partition coefficient (Wildman–Crippen LogP) is 3.01. The zero-order chi connectivity index (χ0) is 11.5. The number of para-hydroxylation sites is 1. The van der Waals surface area contributed by atoms with E-state index in [1.807, 2.05) is 37.4 Å². The maximum atomic E-state index is 12.2. The van der Waals surface area contributed by atoms with Gasteiger partial charge in [0, 0.05) is 12.7 Å². The third-order valence-corrected chi connectivity index (χ3v) is 3.26. The summed E-state index contributed by atoms with van der Waals surface area (Å²) in [6.07, 6.45) is 3.05. The van der Waals surface area contributed by atoms with Crippen LogP contribution in [0.2, 0.25) is 0 Å². The van der Waals surface area contributed by atoms with Crippen molar-refractivity contribution in [2.75, 3.05) is 11.9 Å². The number of carbonyl (C=O) groups excluding carboxylic acids is 1. The molecule has 84 valence electrons. The zero-order valence-corrected chi connectivity index (χ0v) is 9.65. The number of amides is 1. The van der Waals surface area contributed by atoms with Gasteiger partial charge in [-0.15, -0.1) is 0 Å². The van der Waals surface area contributed by atoms with Crippen molar-refractivity contribution >= 4 is 11.6 Å². The van der Waals surface area contributed by atoms with Crippen LogP contribution in [0, 0.1) is 5.92 Å². The number of carbonyl (C=O) groups is 1. The fraction of sp³-hybridized carbons (Fsp3) is 0.357. The molecule has 16 heavy (non-hydrogen) atoms. The Balaban J connectivity index is 2.13. The topological polar surface area (TPSA) is 20.3 Å². The lowest BCUT2D eigenvalue weighted by Gasteiger charge is -2.21. The lowest BCUT2D eigenvalue weighted by molar-refractivity contribution is -0.120. The molecule has 1 aliphatic carbocycles. The van der Waals surface area contributed by atoms with Crippen LogP contribution in [0.3, 0.4) is 0 Å². The summed E-state index contributed by atoms with van der Waals surface area (Å²) in [5, 5.41) is 0. The zero-order valence-electron chi connectivity index (χ0n) is 9.65. The van der Waals surface area contributed by atoms with E-state index in [1.165, 1.54) is 0 Å². The Morgan fingerprint density at radius 2 is 2.06 bits per heavy atom. The van der Waals surface area contributed by atoms with Crippen molar-refractivity contribution in [2.24, 2.45) is 5.92 Å². The molecule has 2 rings (SSSR count). The second kappa shape index (κ2) is 4.52. The Morgan fingerprint density at radius 1 is 1.38 bits per heavy atom. The van der Waals surface area contributed by atoms with E-state index in [9.17, 15) is 4.79 Å². The molecule has 1 aromatic carbocycles. The van der Waals surface area contributed by atoms with Crippen molar-refractivity contribution in [1.29, 1.82) is 0 Å². The minimum absolute atomic E-state index is 0.0326. The molecular formula is C14H17NO. The van der Waals surface area contributed by atoms with E-state index >= 15 is 0 Å². The Hall–Kier alpha value is -1.57. The molecule has 1 aliphatic rings. The van der Waals surface area contributed by atoms with Gasteiger partial charge < -0.3 is 4.90 Å². The maximum absolute atomic E-state index is 12.2. The highest BCUT2D eigenvalue weighted by Gasteiger charge is 2.28. The van der Waals surface area contributed by atoms with E-state index in [-0.39, 0.29) is 11.8 Å². The number of anilines is 1. The van der Waals surface area contributed by atoms with Crippen molar-refractivity contribution in [3.8, 4) is 0 Å². The molecule has 2 nitrogen and oxygen atoms in total. The molecule has 1 atom stereocenters. The normalized spacial score (nSPS) is 19.8. The van der Waals surface area contributed by atoms with Gasteiger partial charge in [0.2, 0.25) is 5.91 Å². The number of nitrogens with zero attached hydrogens (tertiary/aromatic N) is 1. The fourth-order valence-corrected chi connectivity index (χ4v) is 2.22. The van der Waals surface area contributed by atoms with Crippen molar-refractivity contribution < 1.29 is 4.79 Å². The predicted molar refractivity (Wildman–Crippen MR) is 66.3 cm³/mol. The highest BCUT2D eigenvalue weighted by molar-refractivity contribution is 5.96. The SMILES string of the molecule is C=C1CCC[C@@H]1C(=O)N(C)c1ccccc1. The van der Waals surface area contributed by atoms with Crippen LogP contribution < -0.4 is 4.90 Å². The largest absolute Gasteiger partial charge is 0.315 e. The van der Waals surface area contributed by atoms with E-state index in [4.69, 9.17) is 0 Å². The van der Waals surface area contributed by atoms with Crippen LogP contribution in [0.15, 0.2) is 42.5 Å². The minimum atomic E-state index is 0.0326. The third kappa shape index (κ3) is 2.01. The average Bonchev–Trinajstić information content (AvgIpc) is 2.75. The quantitative estimate of drug-likeness (QED) is 0.694. The standard InChI is InChI=1S/C14H17NO/c1-11-7-6-10-13(11)14(16)15(2)12-8-4-3-5-9-12/h3-5,8-9,13H,1,6-7,10H2,2H3/t13-/m0/s1. The number of rotatable bonds is 2. The number of benzene rings is 1. The smallest absolute Gasteiger partial charge is 0.233 e. The molecular weight excluding hydrogens is 198 g/mol. The van der Waals surface area contributed by atoms with Gasteiger partial charge in [0.05, 0.1) is 5.92 Å². The van der Waals surface area contributed by atoms with Crippen LogP contribution in [-0.2, 0) is 4.79 Å².